The topological polar surface area (TPSA) is 76.7 Å². The number of halogens is 1. The van der Waals surface area contributed by atoms with E-state index in [1.54, 1.807) is 0 Å². The zero-order valence-corrected chi connectivity index (χ0v) is 14.5. The van der Waals surface area contributed by atoms with E-state index < -0.39 is 0 Å². The molecule has 0 aliphatic carbocycles. The third-order valence-corrected chi connectivity index (χ3v) is 3.53. The number of benzene rings is 2. The quantitative estimate of drug-likeness (QED) is 0.496. The Labute approximate surface area is 146 Å². The van der Waals surface area contributed by atoms with E-state index in [1.807, 2.05) is 24.3 Å². The fourth-order valence-electron chi connectivity index (χ4n) is 2.08. The zero-order valence-electron chi connectivity index (χ0n) is 14.5. The molecule has 0 atom stereocenters. The van der Waals surface area contributed by atoms with Crippen LogP contribution in [0.2, 0.25) is 0 Å². The summed E-state index contributed by atoms with van der Waals surface area (Å²) in [6.07, 6.45) is 0. The Bertz CT molecular complexity index is 748. The number of nitrogens with one attached hydrogen (secondary N) is 1. The summed E-state index contributed by atoms with van der Waals surface area (Å²) in [7, 11) is 0. The molecule has 2 aromatic rings. The van der Waals surface area contributed by atoms with Crippen molar-refractivity contribution in [1.29, 1.82) is 0 Å². The van der Waals surface area contributed by atoms with Gasteiger partial charge in [0.15, 0.2) is 12.4 Å². The van der Waals surface area contributed by atoms with Crippen LogP contribution in [-0.4, -0.2) is 18.3 Å². The molecule has 0 aliphatic rings. The van der Waals surface area contributed by atoms with Crippen molar-refractivity contribution in [1.82, 2.24) is 0 Å². The first-order valence-corrected chi connectivity index (χ1v) is 7.87. The van der Waals surface area contributed by atoms with Crippen molar-refractivity contribution in [2.75, 3.05) is 11.9 Å². The number of amides is 1. The first-order valence-electron chi connectivity index (χ1n) is 7.87. The van der Waals surface area contributed by atoms with Crippen molar-refractivity contribution in [3.63, 3.8) is 0 Å². The minimum absolute atomic E-state index is 0.0538. The van der Waals surface area contributed by atoms with Crippen molar-refractivity contribution in [3.8, 4) is 0 Å². The highest BCUT2D eigenvalue weighted by Gasteiger charge is 2.13. The molecule has 2 aromatic carbocycles. The SMILES string of the molecule is CC(C)(C)c1ccc(NC(=O)CO/N=C(\N)c2ccc(F)cc2)cc1. The highest BCUT2D eigenvalue weighted by molar-refractivity contribution is 5.97. The van der Waals surface area contributed by atoms with Gasteiger partial charge >= 0.3 is 0 Å². The van der Waals surface area contributed by atoms with Crippen LogP contribution >= 0.6 is 0 Å². The van der Waals surface area contributed by atoms with E-state index in [0.29, 0.717) is 11.3 Å². The number of nitrogens with zero attached hydrogens (tertiary/aromatic N) is 1. The molecule has 132 valence electrons. The lowest BCUT2D eigenvalue weighted by Gasteiger charge is -2.19. The van der Waals surface area contributed by atoms with E-state index >= 15 is 0 Å². The van der Waals surface area contributed by atoms with Crippen LogP contribution in [-0.2, 0) is 15.0 Å². The molecule has 0 saturated carbocycles. The maximum Gasteiger partial charge on any atom is 0.265 e. The van der Waals surface area contributed by atoms with Gasteiger partial charge in [-0.15, -0.1) is 0 Å². The Kier molecular flexibility index (Phi) is 5.75. The molecule has 0 bridgehead atoms. The fourth-order valence-corrected chi connectivity index (χ4v) is 2.08. The number of hydrogen-bond acceptors (Lipinski definition) is 3. The highest BCUT2D eigenvalue weighted by atomic mass is 19.1. The van der Waals surface area contributed by atoms with Gasteiger partial charge in [0, 0.05) is 11.3 Å². The third kappa shape index (κ3) is 5.60. The lowest BCUT2D eigenvalue weighted by Crippen LogP contribution is -2.19. The second-order valence-electron chi connectivity index (χ2n) is 6.63. The van der Waals surface area contributed by atoms with Gasteiger partial charge < -0.3 is 15.9 Å². The molecular weight excluding hydrogens is 321 g/mol. The zero-order chi connectivity index (χ0) is 18.4. The van der Waals surface area contributed by atoms with E-state index in [1.165, 1.54) is 29.8 Å². The van der Waals surface area contributed by atoms with Crippen LogP contribution in [0.5, 0.6) is 0 Å². The first-order chi connectivity index (χ1) is 11.8. The Hall–Kier alpha value is -2.89. The number of carbonyl (C=O) groups excluding carboxylic acids is 1. The third-order valence-electron chi connectivity index (χ3n) is 3.53. The summed E-state index contributed by atoms with van der Waals surface area (Å²) in [5.41, 5.74) is 8.14. The second kappa shape index (κ2) is 7.79. The molecule has 0 spiro atoms. The number of rotatable bonds is 5. The Balaban J connectivity index is 1.86. The largest absolute Gasteiger partial charge is 0.384 e. The number of carbonyl (C=O) groups is 1. The Morgan fingerprint density at radius 2 is 1.72 bits per heavy atom. The summed E-state index contributed by atoms with van der Waals surface area (Å²) in [6.45, 7) is 6.09. The average Bonchev–Trinajstić information content (AvgIpc) is 2.55. The first kappa shape index (κ1) is 18.4. The van der Waals surface area contributed by atoms with Gasteiger partial charge in [-0.1, -0.05) is 38.1 Å². The molecule has 0 aliphatic heterocycles. The van der Waals surface area contributed by atoms with Crippen LogP contribution in [0.25, 0.3) is 0 Å². The smallest absolute Gasteiger partial charge is 0.265 e. The number of oxime groups is 1. The minimum Gasteiger partial charge on any atom is -0.384 e. The molecule has 0 aromatic heterocycles. The molecule has 3 N–H and O–H groups in total. The lowest BCUT2D eigenvalue weighted by molar-refractivity contribution is -0.120. The molecular formula is C19H22FN3O2. The molecule has 0 fully saturated rings. The van der Waals surface area contributed by atoms with Crippen LogP contribution in [0, 0.1) is 5.82 Å². The molecule has 6 heteroatoms. The predicted octanol–water partition coefficient (Wildman–Crippen LogP) is 3.40. The van der Waals surface area contributed by atoms with Crippen LogP contribution in [0.4, 0.5) is 10.1 Å². The van der Waals surface area contributed by atoms with Crippen LogP contribution in [0.15, 0.2) is 53.7 Å². The van der Waals surface area contributed by atoms with E-state index in [4.69, 9.17) is 10.6 Å². The van der Waals surface area contributed by atoms with Crippen LogP contribution in [0.3, 0.4) is 0 Å². The van der Waals surface area contributed by atoms with Crippen molar-refractivity contribution in [3.05, 3.63) is 65.5 Å². The predicted molar refractivity (Wildman–Crippen MR) is 96.8 cm³/mol. The second-order valence-corrected chi connectivity index (χ2v) is 6.63. The Morgan fingerprint density at radius 1 is 1.12 bits per heavy atom. The van der Waals surface area contributed by atoms with Crippen LogP contribution in [0.1, 0.15) is 31.9 Å². The summed E-state index contributed by atoms with van der Waals surface area (Å²) < 4.78 is 12.8. The molecule has 1 amide bonds. The molecule has 0 heterocycles. The number of anilines is 1. The van der Waals surface area contributed by atoms with Crippen molar-refractivity contribution >= 4 is 17.4 Å². The molecule has 5 nitrogen and oxygen atoms in total. The summed E-state index contributed by atoms with van der Waals surface area (Å²) in [4.78, 5) is 16.8. The van der Waals surface area contributed by atoms with E-state index in [-0.39, 0.29) is 29.6 Å². The highest BCUT2D eigenvalue weighted by Crippen LogP contribution is 2.23. The molecule has 0 radical (unpaired) electrons. The number of hydrogen-bond donors (Lipinski definition) is 2. The van der Waals surface area contributed by atoms with Gasteiger partial charge in [-0.05, 0) is 47.4 Å². The van der Waals surface area contributed by atoms with Crippen LogP contribution < -0.4 is 11.1 Å². The molecule has 2 rings (SSSR count). The summed E-state index contributed by atoms with van der Waals surface area (Å²) in [6, 6.07) is 13.1. The minimum atomic E-state index is -0.366. The monoisotopic (exact) mass is 343 g/mol. The average molecular weight is 343 g/mol. The van der Waals surface area contributed by atoms with E-state index in [0.717, 1.165) is 0 Å². The van der Waals surface area contributed by atoms with E-state index in [2.05, 4.69) is 31.2 Å². The number of nitrogens with two attached hydrogens (primary N) is 1. The lowest BCUT2D eigenvalue weighted by atomic mass is 9.87. The van der Waals surface area contributed by atoms with Crippen molar-refractivity contribution in [2.24, 2.45) is 10.9 Å². The van der Waals surface area contributed by atoms with Gasteiger partial charge in [-0.25, -0.2) is 4.39 Å². The standard InChI is InChI=1S/C19H22FN3O2/c1-19(2,3)14-6-10-16(11-7-14)22-17(24)12-25-23-18(21)13-4-8-15(20)9-5-13/h4-11H,12H2,1-3H3,(H2,21,23)(H,22,24). The van der Waals surface area contributed by atoms with Gasteiger partial charge in [-0.3, -0.25) is 4.79 Å². The number of amidine groups is 1. The summed E-state index contributed by atoms with van der Waals surface area (Å²) in [5, 5.41) is 6.38. The summed E-state index contributed by atoms with van der Waals surface area (Å²) in [5.74, 6) is -0.643. The van der Waals surface area contributed by atoms with Gasteiger partial charge in [-0.2, -0.15) is 0 Å². The maximum absolute atomic E-state index is 12.8. The van der Waals surface area contributed by atoms with Gasteiger partial charge in [0.1, 0.15) is 5.82 Å². The Morgan fingerprint density at radius 3 is 2.28 bits per heavy atom. The molecule has 0 unspecified atom stereocenters. The van der Waals surface area contributed by atoms with Gasteiger partial charge in [0.05, 0.1) is 0 Å². The van der Waals surface area contributed by atoms with Crippen molar-refractivity contribution in [2.45, 2.75) is 26.2 Å². The van der Waals surface area contributed by atoms with Gasteiger partial charge in [0.25, 0.3) is 5.91 Å². The maximum atomic E-state index is 12.8. The summed E-state index contributed by atoms with van der Waals surface area (Å²) >= 11 is 0. The van der Waals surface area contributed by atoms with Gasteiger partial charge in [0.2, 0.25) is 0 Å². The molecule has 0 saturated heterocycles. The fraction of sp³-hybridized carbons (Fsp3) is 0.263. The normalized spacial score (nSPS) is 11.9. The molecule has 25 heavy (non-hydrogen) atoms. The van der Waals surface area contributed by atoms with E-state index in [9.17, 15) is 9.18 Å². The van der Waals surface area contributed by atoms with Crippen molar-refractivity contribution < 1.29 is 14.0 Å².